The summed E-state index contributed by atoms with van der Waals surface area (Å²) in [6.45, 7) is 5.75. The first-order valence-electron chi connectivity index (χ1n) is 5.85. The molecule has 1 aliphatic carbocycles. The molecule has 0 spiro atoms. The second-order valence-corrected chi connectivity index (χ2v) is 4.24. The van der Waals surface area contributed by atoms with E-state index in [-0.39, 0.29) is 18.1 Å². The highest BCUT2D eigenvalue weighted by molar-refractivity contribution is 5.80. The van der Waals surface area contributed by atoms with Crippen molar-refractivity contribution in [3.63, 3.8) is 0 Å². The molecule has 1 unspecified atom stereocenters. The molecule has 0 heterocycles. The number of carbonyl (C=O) groups excluding carboxylic acids is 1. The van der Waals surface area contributed by atoms with Crippen LogP contribution in [-0.2, 0) is 9.53 Å². The summed E-state index contributed by atoms with van der Waals surface area (Å²) in [4.78, 5) is 11.5. The highest BCUT2D eigenvalue weighted by Crippen LogP contribution is 2.21. The van der Waals surface area contributed by atoms with Crippen molar-refractivity contribution in [3.05, 3.63) is 12.7 Å². The van der Waals surface area contributed by atoms with Crippen LogP contribution in [0.25, 0.3) is 0 Å². The summed E-state index contributed by atoms with van der Waals surface area (Å²) in [5.41, 5.74) is 0. The summed E-state index contributed by atoms with van der Waals surface area (Å²) in [5, 5.41) is 12.0. The lowest BCUT2D eigenvalue weighted by Crippen LogP contribution is -2.38. The number of ether oxygens (including phenoxy) is 1. The van der Waals surface area contributed by atoms with Gasteiger partial charge in [-0.25, -0.2) is 0 Å². The fraction of sp³-hybridized carbons (Fsp3) is 0.750. The van der Waals surface area contributed by atoms with Crippen molar-refractivity contribution < 1.29 is 14.6 Å². The monoisotopic (exact) mass is 227 g/mol. The molecule has 1 aliphatic rings. The maximum absolute atomic E-state index is 11.5. The first kappa shape index (κ1) is 13.2. The maximum atomic E-state index is 11.5. The highest BCUT2D eigenvalue weighted by atomic mass is 16.5. The van der Waals surface area contributed by atoms with Gasteiger partial charge in [0.1, 0.15) is 6.10 Å². The van der Waals surface area contributed by atoms with Crippen LogP contribution in [0.15, 0.2) is 12.7 Å². The number of rotatable bonds is 5. The molecular formula is C12H21NO3. The molecule has 0 aromatic carbocycles. The topological polar surface area (TPSA) is 58.6 Å². The highest BCUT2D eigenvalue weighted by Gasteiger charge is 2.23. The fourth-order valence-electron chi connectivity index (χ4n) is 1.85. The van der Waals surface area contributed by atoms with Gasteiger partial charge in [0.2, 0.25) is 5.91 Å². The van der Waals surface area contributed by atoms with Gasteiger partial charge in [-0.3, -0.25) is 4.79 Å². The van der Waals surface area contributed by atoms with E-state index in [1.807, 2.05) is 0 Å². The molecule has 2 N–H and O–H groups in total. The standard InChI is InChI=1S/C12H21NO3/c1-3-8-13-12(15)9(2)16-11-6-4-10(14)5-7-11/h3,9-11,14H,1,4-8H2,2H3,(H,13,15). The Morgan fingerprint density at radius 1 is 1.56 bits per heavy atom. The van der Waals surface area contributed by atoms with Crippen LogP contribution in [0.5, 0.6) is 0 Å². The van der Waals surface area contributed by atoms with Crippen LogP contribution in [-0.4, -0.2) is 35.9 Å². The van der Waals surface area contributed by atoms with Crippen LogP contribution < -0.4 is 5.32 Å². The maximum Gasteiger partial charge on any atom is 0.249 e. The van der Waals surface area contributed by atoms with E-state index in [0.29, 0.717) is 6.54 Å². The van der Waals surface area contributed by atoms with Crippen LogP contribution in [0.2, 0.25) is 0 Å². The number of hydrogen-bond donors (Lipinski definition) is 2. The van der Waals surface area contributed by atoms with Crippen molar-refractivity contribution in [2.24, 2.45) is 0 Å². The molecule has 0 aromatic heterocycles. The number of aliphatic hydroxyl groups is 1. The molecule has 16 heavy (non-hydrogen) atoms. The summed E-state index contributed by atoms with van der Waals surface area (Å²) in [5.74, 6) is -0.106. The third-order valence-corrected chi connectivity index (χ3v) is 2.83. The molecule has 1 amide bonds. The zero-order valence-electron chi connectivity index (χ0n) is 9.82. The zero-order valence-corrected chi connectivity index (χ0v) is 9.82. The molecule has 1 atom stereocenters. The van der Waals surface area contributed by atoms with E-state index in [2.05, 4.69) is 11.9 Å². The van der Waals surface area contributed by atoms with Crippen molar-refractivity contribution >= 4 is 5.91 Å². The molecule has 1 rings (SSSR count). The van der Waals surface area contributed by atoms with Gasteiger partial charge in [-0.05, 0) is 32.6 Å². The molecule has 0 bridgehead atoms. The molecule has 92 valence electrons. The Kier molecular flexibility index (Phi) is 5.49. The number of hydrogen-bond acceptors (Lipinski definition) is 3. The average Bonchev–Trinajstić information content (AvgIpc) is 2.29. The molecule has 0 radical (unpaired) electrons. The molecule has 1 fully saturated rings. The van der Waals surface area contributed by atoms with Crippen LogP contribution in [0.4, 0.5) is 0 Å². The van der Waals surface area contributed by atoms with Crippen molar-refractivity contribution in [1.29, 1.82) is 0 Å². The Morgan fingerprint density at radius 3 is 2.75 bits per heavy atom. The van der Waals surface area contributed by atoms with Gasteiger partial charge in [-0.15, -0.1) is 6.58 Å². The second kappa shape index (κ2) is 6.66. The quantitative estimate of drug-likeness (QED) is 0.689. The van der Waals surface area contributed by atoms with Crippen molar-refractivity contribution in [2.45, 2.75) is 50.9 Å². The van der Waals surface area contributed by atoms with E-state index >= 15 is 0 Å². The van der Waals surface area contributed by atoms with Gasteiger partial charge in [0, 0.05) is 6.54 Å². The molecular weight excluding hydrogens is 206 g/mol. The van der Waals surface area contributed by atoms with Crippen LogP contribution in [0.3, 0.4) is 0 Å². The van der Waals surface area contributed by atoms with Gasteiger partial charge in [0.25, 0.3) is 0 Å². The number of nitrogens with one attached hydrogen (secondary N) is 1. The molecule has 0 aromatic rings. The van der Waals surface area contributed by atoms with Gasteiger partial charge in [-0.1, -0.05) is 6.08 Å². The van der Waals surface area contributed by atoms with E-state index in [4.69, 9.17) is 4.74 Å². The average molecular weight is 227 g/mol. The number of aliphatic hydroxyl groups excluding tert-OH is 1. The van der Waals surface area contributed by atoms with E-state index < -0.39 is 6.10 Å². The number of carbonyl (C=O) groups is 1. The Balaban J connectivity index is 2.25. The third-order valence-electron chi connectivity index (χ3n) is 2.83. The van der Waals surface area contributed by atoms with Crippen molar-refractivity contribution in [2.75, 3.05) is 6.54 Å². The molecule has 4 heteroatoms. The SMILES string of the molecule is C=CCNC(=O)C(C)OC1CCC(O)CC1. The zero-order chi connectivity index (χ0) is 12.0. The molecule has 0 saturated heterocycles. The Morgan fingerprint density at radius 2 is 2.19 bits per heavy atom. The van der Waals surface area contributed by atoms with Gasteiger partial charge < -0.3 is 15.2 Å². The molecule has 4 nitrogen and oxygen atoms in total. The first-order chi connectivity index (χ1) is 7.63. The Bertz CT molecular complexity index is 234. The Labute approximate surface area is 96.7 Å². The minimum Gasteiger partial charge on any atom is -0.393 e. The van der Waals surface area contributed by atoms with Gasteiger partial charge in [0.15, 0.2) is 0 Å². The predicted octanol–water partition coefficient (Wildman–Crippen LogP) is 0.997. The van der Waals surface area contributed by atoms with Crippen molar-refractivity contribution in [1.82, 2.24) is 5.32 Å². The fourth-order valence-corrected chi connectivity index (χ4v) is 1.85. The van der Waals surface area contributed by atoms with Crippen LogP contribution >= 0.6 is 0 Å². The lowest BCUT2D eigenvalue weighted by molar-refractivity contribution is -0.137. The minimum absolute atomic E-state index is 0.105. The summed E-state index contributed by atoms with van der Waals surface area (Å²) in [6.07, 6.45) is 4.33. The number of amides is 1. The van der Waals surface area contributed by atoms with Gasteiger partial charge in [-0.2, -0.15) is 0 Å². The van der Waals surface area contributed by atoms with Crippen LogP contribution in [0.1, 0.15) is 32.6 Å². The van der Waals surface area contributed by atoms with E-state index in [1.54, 1.807) is 13.0 Å². The van der Waals surface area contributed by atoms with Crippen molar-refractivity contribution in [3.8, 4) is 0 Å². The molecule has 0 aliphatic heterocycles. The largest absolute Gasteiger partial charge is 0.393 e. The van der Waals surface area contributed by atoms with Crippen LogP contribution in [0, 0.1) is 0 Å². The van der Waals surface area contributed by atoms with Gasteiger partial charge >= 0.3 is 0 Å². The summed E-state index contributed by atoms with van der Waals surface area (Å²) in [6, 6.07) is 0. The third kappa shape index (κ3) is 4.33. The predicted molar refractivity (Wildman–Crippen MR) is 62.0 cm³/mol. The molecule has 1 saturated carbocycles. The lowest BCUT2D eigenvalue weighted by atomic mass is 9.95. The Hall–Kier alpha value is -0.870. The lowest BCUT2D eigenvalue weighted by Gasteiger charge is -2.27. The normalized spacial score (nSPS) is 27.1. The van der Waals surface area contributed by atoms with Gasteiger partial charge in [0.05, 0.1) is 12.2 Å². The van der Waals surface area contributed by atoms with E-state index in [1.165, 1.54) is 0 Å². The summed E-state index contributed by atoms with van der Waals surface area (Å²) >= 11 is 0. The van der Waals surface area contributed by atoms with E-state index in [0.717, 1.165) is 25.7 Å². The second-order valence-electron chi connectivity index (χ2n) is 4.24. The first-order valence-corrected chi connectivity index (χ1v) is 5.85. The minimum atomic E-state index is -0.430. The smallest absolute Gasteiger partial charge is 0.249 e. The summed E-state index contributed by atoms with van der Waals surface area (Å²) < 4.78 is 5.64. The summed E-state index contributed by atoms with van der Waals surface area (Å²) in [7, 11) is 0. The van der Waals surface area contributed by atoms with E-state index in [9.17, 15) is 9.90 Å².